The molecule has 0 saturated heterocycles. The third-order valence-corrected chi connectivity index (χ3v) is 3.89. The molecule has 6 nitrogen and oxygen atoms in total. The summed E-state index contributed by atoms with van der Waals surface area (Å²) in [7, 11) is 0. The summed E-state index contributed by atoms with van der Waals surface area (Å²) in [5.41, 5.74) is 7.28. The number of imidazole rings is 1. The maximum Gasteiger partial charge on any atom is 0.245 e. The Morgan fingerprint density at radius 2 is 2.15 bits per heavy atom. The second-order valence-electron chi connectivity index (χ2n) is 6.64. The van der Waals surface area contributed by atoms with Crippen LogP contribution in [0.2, 0.25) is 0 Å². The van der Waals surface area contributed by atoms with Gasteiger partial charge in [-0.2, -0.15) is 9.97 Å². The van der Waals surface area contributed by atoms with Crippen molar-refractivity contribution in [2.24, 2.45) is 11.3 Å². The Morgan fingerprint density at radius 1 is 1.35 bits per heavy atom. The van der Waals surface area contributed by atoms with Crippen LogP contribution in [0.25, 0.3) is 11.2 Å². The summed E-state index contributed by atoms with van der Waals surface area (Å²) in [5, 5.41) is 0. The SMILES string of the molecule is CC1CC(Oc2nc(N)nc3nc[nH]c23)CC(C)(C)C1. The van der Waals surface area contributed by atoms with Crippen molar-refractivity contribution in [1.29, 1.82) is 0 Å². The number of nitrogen functional groups attached to an aromatic ring is 1. The van der Waals surface area contributed by atoms with Crippen LogP contribution in [0.15, 0.2) is 6.33 Å². The van der Waals surface area contributed by atoms with Crippen LogP contribution >= 0.6 is 0 Å². The van der Waals surface area contributed by atoms with Gasteiger partial charge in [0.05, 0.1) is 6.33 Å². The van der Waals surface area contributed by atoms with Gasteiger partial charge in [0, 0.05) is 0 Å². The number of hydrogen-bond donors (Lipinski definition) is 2. The molecule has 3 N–H and O–H groups in total. The molecule has 2 aromatic rings. The van der Waals surface area contributed by atoms with Crippen molar-refractivity contribution < 1.29 is 4.74 Å². The molecular weight excluding hydrogens is 254 g/mol. The standard InChI is InChI=1S/C14H21N5O/c1-8-4-9(6-14(2,3)5-8)20-12-10-11(17-7-16-10)18-13(15)19-12/h7-9H,4-6H2,1-3H3,(H3,15,16,17,18,19). The first-order chi connectivity index (χ1) is 9.43. The molecule has 0 spiro atoms. The topological polar surface area (TPSA) is 89.7 Å². The molecule has 0 aliphatic heterocycles. The number of ether oxygens (including phenoxy) is 1. The Hall–Kier alpha value is -1.85. The number of anilines is 1. The lowest BCUT2D eigenvalue weighted by Gasteiger charge is -2.38. The molecule has 0 radical (unpaired) electrons. The van der Waals surface area contributed by atoms with E-state index >= 15 is 0 Å². The molecule has 1 aliphatic rings. The lowest BCUT2D eigenvalue weighted by atomic mass is 9.71. The maximum absolute atomic E-state index is 6.11. The summed E-state index contributed by atoms with van der Waals surface area (Å²) in [6.07, 6.45) is 5.05. The summed E-state index contributed by atoms with van der Waals surface area (Å²) in [6.45, 7) is 6.86. The first-order valence-corrected chi connectivity index (χ1v) is 7.06. The number of aromatic amines is 1. The minimum Gasteiger partial charge on any atom is -0.473 e. The van der Waals surface area contributed by atoms with Crippen molar-refractivity contribution in [3.05, 3.63) is 6.33 Å². The average Bonchev–Trinajstić information content (AvgIpc) is 2.73. The number of nitrogens with one attached hydrogen (secondary N) is 1. The summed E-state index contributed by atoms with van der Waals surface area (Å²) in [4.78, 5) is 15.4. The molecule has 1 saturated carbocycles. The van der Waals surface area contributed by atoms with Gasteiger partial charge in [-0.3, -0.25) is 0 Å². The zero-order valence-corrected chi connectivity index (χ0v) is 12.2. The number of hydrogen-bond acceptors (Lipinski definition) is 5. The zero-order chi connectivity index (χ0) is 14.3. The van der Waals surface area contributed by atoms with E-state index in [4.69, 9.17) is 10.5 Å². The van der Waals surface area contributed by atoms with E-state index in [1.165, 1.54) is 6.42 Å². The van der Waals surface area contributed by atoms with E-state index in [-0.39, 0.29) is 12.1 Å². The third-order valence-electron chi connectivity index (χ3n) is 3.89. The van der Waals surface area contributed by atoms with Gasteiger partial charge < -0.3 is 15.5 Å². The highest BCUT2D eigenvalue weighted by molar-refractivity contribution is 5.76. The number of nitrogens with zero attached hydrogens (tertiary/aromatic N) is 3. The van der Waals surface area contributed by atoms with Gasteiger partial charge in [-0.05, 0) is 30.6 Å². The molecule has 6 heteroatoms. The highest BCUT2D eigenvalue weighted by Crippen LogP contribution is 2.40. The van der Waals surface area contributed by atoms with Crippen LogP contribution in [0.4, 0.5) is 5.95 Å². The molecule has 2 heterocycles. The monoisotopic (exact) mass is 275 g/mol. The van der Waals surface area contributed by atoms with Crippen LogP contribution in [0.5, 0.6) is 5.88 Å². The number of aromatic nitrogens is 4. The van der Waals surface area contributed by atoms with E-state index in [0.717, 1.165) is 18.4 Å². The molecular formula is C14H21N5O. The minimum atomic E-state index is 0.162. The fourth-order valence-corrected chi connectivity index (χ4v) is 3.41. The molecule has 1 aliphatic carbocycles. The molecule has 0 amide bonds. The van der Waals surface area contributed by atoms with Crippen LogP contribution in [0.1, 0.15) is 40.0 Å². The van der Waals surface area contributed by atoms with E-state index in [1.807, 2.05) is 0 Å². The molecule has 0 bridgehead atoms. The van der Waals surface area contributed by atoms with Gasteiger partial charge in [0.15, 0.2) is 5.65 Å². The minimum absolute atomic E-state index is 0.162. The molecule has 20 heavy (non-hydrogen) atoms. The van der Waals surface area contributed by atoms with Gasteiger partial charge in [-0.15, -0.1) is 0 Å². The Labute approximate surface area is 118 Å². The maximum atomic E-state index is 6.11. The van der Waals surface area contributed by atoms with Gasteiger partial charge in [0.25, 0.3) is 0 Å². The predicted molar refractivity (Wildman–Crippen MR) is 77.3 cm³/mol. The first-order valence-electron chi connectivity index (χ1n) is 7.06. The smallest absolute Gasteiger partial charge is 0.245 e. The Bertz CT molecular complexity index is 621. The number of rotatable bonds is 2. The quantitative estimate of drug-likeness (QED) is 0.879. The van der Waals surface area contributed by atoms with Crippen LogP contribution < -0.4 is 10.5 Å². The van der Waals surface area contributed by atoms with Crippen molar-refractivity contribution in [3.8, 4) is 5.88 Å². The highest BCUT2D eigenvalue weighted by Gasteiger charge is 2.33. The normalized spacial score (nSPS) is 25.8. The lowest BCUT2D eigenvalue weighted by Crippen LogP contribution is -2.34. The Morgan fingerprint density at radius 3 is 2.90 bits per heavy atom. The molecule has 2 aromatic heterocycles. The van der Waals surface area contributed by atoms with Crippen molar-refractivity contribution in [3.63, 3.8) is 0 Å². The first kappa shape index (κ1) is 13.1. The van der Waals surface area contributed by atoms with E-state index < -0.39 is 0 Å². The van der Waals surface area contributed by atoms with Crippen molar-refractivity contribution in [2.45, 2.75) is 46.1 Å². The second kappa shape index (κ2) is 4.61. The molecule has 1 fully saturated rings. The van der Waals surface area contributed by atoms with Crippen molar-refractivity contribution >= 4 is 17.1 Å². The third kappa shape index (κ3) is 2.55. The fraction of sp³-hybridized carbons (Fsp3) is 0.643. The van der Waals surface area contributed by atoms with Crippen molar-refractivity contribution in [1.82, 2.24) is 19.9 Å². The largest absolute Gasteiger partial charge is 0.473 e. The summed E-state index contributed by atoms with van der Waals surface area (Å²) >= 11 is 0. The van der Waals surface area contributed by atoms with Crippen LogP contribution in [-0.4, -0.2) is 26.0 Å². The fourth-order valence-electron chi connectivity index (χ4n) is 3.41. The second-order valence-corrected chi connectivity index (χ2v) is 6.64. The number of fused-ring (bicyclic) bond motifs is 1. The molecule has 2 unspecified atom stereocenters. The van der Waals surface area contributed by atoms with Crippen LogP contribution in [0.3, 0.4) is 0 Å². The van der Waals surface area contributed by atoms with Crippen LogP contribution in [0, 0.1) is 11.3 Å². The summed E-state index contributed by atoms with van der Waals surface area (Å²) in [5.74, 6) is 1.36. The molecule has 0 aromatic carbocycles. The average molecular weight is 275 g/mol. The van der Waals surface area contributed by atoms with E-state index in [9.17, 15) is 0 Å². The predicted octanol–water partition coefficient (Wildman–Crippen LogP) is 2.53. The summed E-state index contributed by atoms with van der Waals surface area (Å²) in [6, 6.07) is 0. The molecule has 2 atom stereocenters. The van der Waals surface area contributed by atoms with Gasteiger partial charge in [0.1, 0.15) is 11.6 Å². The van der Waals surface area contributed by atoms with Crippen LogP contribution in [-0.2, 0) is 0 Å². The number of H-pyrrole nitrogens is 1. The molecule has 108 valence electrons. The van der Waals surface area contributed by atoms with Gasteiger partial charge >= 0.3 is 0 Å². The van der Waals surface area contributed by atoms with Gasteiger partial charge in [0.2, 0.25) is 11.8 Å². The van der Waals surface area contributed by atoms with Gasteiger partial charge in [-0.25, -0.2) is 4.98 Å². The van der Waals surface area contributed by atoms with E-state index in [0.29, 0.717) is 22.9 Å². The number of nitrogens with two attached hydrogens (primary N) is 1. The lowest BCUT2D eigenvalue weighted by molar-refractivity contribution is 0.0543. The van der Waals surface area contributed by atoms with E-state index in [2.05, 4.69) is 40.7 Å². The van der Waals surface area contributed by atoms with Gasteiger partial charge in [-0.1, -0.05) is 20.8 Å². The van der Waals surface area contributed by atoms with Crippen molar-refractivity contribution in [2.75, 3.05) is 5.73 Å². The Balaban J connectivity index is 1.87. The molecule has 3 rings (SSSR count). The zero-order valence-electron chi connectivity index (χ0n) is 12.2. The van der Waals surface area contributed by atoms with E-state index in [1.54, 1.807) is 6.33 Å². The Kier molecular flexibility index (Phi) is 3.03. The highest BCUT2D eigenvalue weighted by atomic mass is 16.5. The summed E-state index contributed by atoms with van der Waals surface area (Å²) < 4.78 is 6.11.